The zero-order valence-electron chi connectivity index (χ0n) is 11.9. The van der Waals surface area contributed by atoms with Crippen LogP contribution in [0.1, 0.15) is 70.6 Å². The summed E-state index contributed by atoms with van der Waals surface area (Å²) >= 11 is 0. The Morgan fingerprint density at radius 1 is 1.05 bits per heavy atom. The maximum Gasteiger partial charge on any atom is 0.223 e. The van der Waals surface area contributed by atoms with Crippen molar-refractivity contribution in [3.05, 3.63) is 0 Å². The SMILES string of the molecule is N#CCN(C(=O)CCC1CCCCC1)C1CCCC1. The van der Waals surface area contributed by atoms with Crippen LogP contribution < -0.4 is 0 Å². The Morgan fingerprint density at radius 3 is 2.32 bits per heavy atom. The molecule has 2 aliphatic rings. The van der Waals surface area contributed by atoms with E-state index in [-0.39, 0.29) is 12.5 Å². The van der Waals surface area contributed by atoms with Gasteiger partial charge in [-0.25, -0.2) is 0 Å². The quantitative estimate of drug-likeness (QED) is 0.710. The van der Waals surface area contributed by atoms with E-state index in [1.165, 1.54) is 44.9 Å². The van der Waals surface area contributed by atoms with Gasteiger partial charge in [-0.05, 0) is 25.2 Å². The molecule has 0 N–H and O–H groups in total. The van der Waals surface area contributed by atoms with Crippen LogP contribution in [-0.4, -0.2) is 23.4 Å². The van der Waals surface area contributed by atoms with Crippen molar-refractivity contribution < 1.29 is 4.79 Å². The Hall–Kier alpha value is -1.04. The summed E-state index contributed by atoms with van der Waals surface area (Å²) in [7, 11) is 0. The van der Waals surface area contributed by atoms with Gasteiger partial charge in [0.2, 0.25) is 5.91 Å². The number of amides is 1. The second-order valence-electron chi connectivity index (χ2n) is 6.16. The zero-order valence-corrected chi connectivity index (χ0v) is 11.9. The Kier molecular flexibility index (Phi) is 5.69. The van der Waals surface area contributed by atoms with Gasteiger partial charge < -0.3 is 4.90 Å². The van der Waals surface area contributed by atoms with Gasteiger partial charge >= 0.3 is 0 Å². The molecule has 0 saturated heterocycles. The molecule has 2 aliphatic carbocycles. The summed E-state index contributed by atoms with van der Waals surface area (Å²) < 4.78 is 0. The van der Waals surface area contributed by atoms with E-state index in [0.29, 0.717) is 12.5 Å². The smallest absolute Gasteiger partial charge is 0.223 e. The molecule has 3 nitrogen and oxygen atoms in total. The number of carbonyl (C=O) groups is 1. The van der Waals surface area contributed by atoms with Gasteiger partial charge in [0.25, 0.3) is 0 Å². The molecule has 0 aromatic rings. The van der Waals surface area contributed by atoms with Crippen LogP contribution in [0.15, 0.2) is 0 Å². The molecule has 0 aliphatic heterocycles. The zero-order chi connectivity index (χ0) is 13.5. The van der Waals surface area contributed by atoms with Crippen molar-refractivity contribution in [3.63, 3.8) is 0 Å². The molecule has 106 valence electrons. The van der Waals surface area contributed by atoms with Gasteiger partial charge in [-0.1, -0.05) is 44.9 Å². The molecule has 2 fully saturated rings. The Labute approximate surface area is 117 Å². The molecule has 2 rings (SSSR count). The molecular weight excluding hydrogens is 236 g/mol. The molecule has 0 spiro atoms. The van der Waals surface area contributed by atoms with Crippen molar-refractivity contribution in [1.82, 2.24) is 4.90 Å². The lowest BCUT2D eigenvalue weighted by atomic mass is 9.86. The van der Waals surface area contributed by atoms with Crippen LogP contribution in [0.5, 0.6) is 0 Å². The van der Waals surface area contributed by atoms with Gasteiger partial charge in [-0.15, -0.1) is 0 Å². The topological polar surface area (TPSA) is 44.1 Å². The number of nitriles is 1. The van der Waals surface area contributed by atoms with E-state index < -0.39 is 0 Å². The maximum absolute atomic E-state index is 12.3. The second-order valence-corrected chi connectivity index (χ2v) is 6.16. The lowest BCUT2D eigenvalue weighted by molar-refractivity contribution is -0.133. The minimum Gasteiger partial charge on any atom is -0.326 e. The highest BCUT2D eigenvalue weighted by molar-refractivity contribution is 5.76. The maximum atomic E-state index is 12.3. The minimum atomic E-state index is 0.221. The van der Waals surface area contributed by atoms with Gasteiger partial charge in [0, 0.05) is 12.5 Å². The Balaban J connectivity index is 1.79. The second kappa shape index (κ2) is 7.53. The van der Waals surface area contributed by atoms with Crippen LogP contribution in [0, 0.1) is 17.2 Å². The normalized spacial score (nSPS) is 21.2. The molecule has 0 radical (unpaired) electrons. The number of hydrogen-bond donors (Lipinski definition) is 0. The van der Waals surface area contributed by atoms with Gasteiger partial charge in [-0.2, -0.15) is 5.26 Å². The molecule has 0 unspecified atom stereocenters. The third-order valence-electron chi connectivity index (χ3n) is 4.82. The number of nitrogens with zero attached hydrogens (tertiary/aromatic N) is 2. The summed E-state index contributed by atoms with van der Waals surface area (Å²) in [5.41, 5.74) is 0. The fraction of sp³-hybridized carbons (Fsp3) is 0.875. The van der Waals surface area contributed by atoms with E-state index >= 15 is 0 Å². The van der Waals surface area contributed by atoms with E-state index in [0.717, 1.165) is 25.2 Å². The Bertz CT molecular complexity index is 322. The van der Waals surface area contributed by atoms with E-state index in [1.807, 2.05) is 4.90 Å². The first kappa shape index (κ1) is 14.4. The molecule has 3 heteroatoms. The van der Waals surface area contributed by atoms with Crippen molar-refractivity contribution in [2.75, 3.05) is 6.54 Å². The highest BCUT2D eigenvalue weighted by atomic mass is 16.2. The lowest BCUT2D eigenvalue weighted by Crippen LogP contribution is -2.39. The predicted octanol–water partition coefficient (Wildman–Crippen LogP) is 3.64. The number of hydrogen-bond acceptors (Lipinski definition) is 2. The fourth-order valence-corrected chi connectivity index (χ4v) is 3.66. The summed E-state index contributed by atoms with van der Waals surface area (Å²) in [6, 6.07) is 2.51. The molecule has 19 heavy (non-hydrogen) atoms. The summed E-state index contributed by atoms with van der Waals surface area (Å²) in [5, 5.41) is 8.92. The van der Waals surface area contributed by atoms with Crippen molar-refractivity contribution in [2.45, 2.75) is 76.7 Å². The summed E-state index contributed by atoms with van der Waals surface area (Å²) in [5.74, 6) is 0.976. The molecule has 0 atom stereocenters. The average molecular weight is 262 g/mol. The molecule has 0 bridgehead atoms. The van der Waals surface area contributed by atoms with Crippen LogP contribution in [0.4, 0.5) is 0 Å². The average Bonchev–Trinajstić information content (AvgIpc) is 2.97. The van der Waals surface area contributed by atoms with Crippen molar-refractivity contribution in [3.8, 4) is 6.07 Å². The van der Waals surface area contributed by atoms with E-state index in [2.05, 4.69) is 6.07 Å². The first-order valence-electron chi connectivity index (χ1n) is 7.97. The van der Waals surface area contributed by atoms with Crippen LogP contribution in [0.3, 0.4) is 0 Å². The highest BCUT2D eigenvalue weighted by Crippen LogP contribution is 2.29. The molecule has 0 aromatic carbocycles. The molecule has 0 aromatic heterocycles. The van der Waals surface area contributed by atoms with Crippen LogP contribution in [-0.2, 0) is 4.79 Å². The third kappa shape index (κ3) is 4.23. The van der Waals surface area contributed by atoms with Crippen molar-refractivity contribution in [2.24, 2.45) is 5.92 Å². The standard InChI is InChI=1S/C16H26N2O/c17-12-13-18(15-8-4-5-9-15)16(19)11-10-14-6-2-1-3-7-14/h14-15H,1-11,13H2. The summed E-state index contributed by atoms with van der Waals surface area (Å²) in [6.07, 6.45) is 12.9. The summed E-state index contributed by atoms with van der Waals surface area (Å²) in [6.45, 7) is 0.286. The number of carbonyl (C=O) groups excluding carboxylic acids is 1. The van der Waals surface area contributed by atoms with E-state index in [9.17, 15) is 4.79 Å². The van der Waals surface area contributed by atoms with Crippen LogP contribution in [0.25, 0.3) is 0 Å². The van der Waals surface area contributed by atoms with Crippen molar-refractivity contribution >= 4 is 5.91 Å². The molecule has 2 saturated carbocycles. The van der Waals surface area contributed by atoms with Gasteiger partial charge in [0.1, 0.15) is 6.54 Å². The minimum absolute atomic E-state index is 0.221. The predicted molar refractivity (Wildman–Crippen MR) is 75.4 cm³/mol. The number of rotatable bonds is 5. The van der Waals surface area contributed by atoms with Gasteiger partial charge in [-0.3, -0.25) is 4.79 Å². The van der Waals surface area contributed by atoms with E-state index in [4.69, 9.17) is 5.26 Å². The van der Waals surface area contributed by atoms with Gasteiger partial charge in [0.15, 0.2) is 0 Å². The largest absolute Gasteiger partial charge is 0.326 e. The first-order valence-corrected chi connectivity index (χ1v) is 7.97. The lowest BCUT2D eigenvalue weighted by Gasteiger charge is -2.28. The highest BCUT2D eigenvalue weighted by Gasteiger charge is 2.26. The third-order valence-corrected chi connectivity index (χ3v) is 4.82. The molecular formula is C16H26N2O. The van der Waals surface area contributed by atoms with Crippen molar-refractivity contribution in [1.29, 1.82) is 5.26 Å². The Morgan fingerprint density at radius 2 is 1.68 bits per heavy atom. The fourth-order valence-electron chi connectivity index (χ4n) is 3.66. The first-order chi connectivity index (χ1) is 9.31. The monoisotopic (exact) mass is 262 g/mol. The van der Waals surface area contributed by atoms with Crippen LogP contribution >= 0.6 is 0 Å². The summed E-state index contributed by atoms with van der Waals surface area (Å²) in [4.78, 5) is 14.2. The molecule has 0 heterocycles. The molecule has 1 amide bonds. The van der Waals surface area contributed by atoms with Crippen LogP contribution in [0.2, 0.25) is 0 Å². The van der Waals surface area contributed by atoms with Gasteiger partial charge in [0.05, 0.1) is 6.07 Å². The van der Waals surface area contributed by atoms with E-state index in [1.54, 1.807) is 0 Å².